The van der Waals surface area contributed by atoms with Crippen LogP contribution in [0, 0.1) is 13.8 Å². The molecule has 0 atom stereocenters. The van der Waals surface area contributed by atoms with Crippen LogP contribution in [0.5, 0.6) is 5.75 Å². The van der Waals surface area contributed by atoms with Crippen molar-refractivity contribution in [1.82, 2.24) is 9.97 Å². The fourth-order valence-electron chi connectivity index (χ4n) is 4.05. The first-order valence-electron chi connectivity index (χ1n) is 11.2. The molecular weight excluding hydrogens is 408 g/mol. The third-order valence-electron chi connectivity index (χ3n) is 5.50. The van der Waals surface area contributed by atoms with Crippen molar-refractivity contribution in [2.75, 3.05) is 49.3 Å². The molecule has 0 saturated carbocycles. The summed E-state index contributed by atoms with van der Waals surface area (Å²) in [5, 5.41) is 0.673. The maximum Gasteiger partial charge on any atom is 0.262 e. The van der Waals surface area contributed by atoms with Crippen LogP contribution in [-0.4, -0.2) is 55.3 Å². The summed E-state index contributed by atoms with van der Waals surface area (Å²) < 4.78 is 17.0. The van der Waals surface area contributed by atoms with Crippen LogP contribution < -0.4 is 14.5 Å². The SMILES string of the molecule is CCCN(C(=O)c1c(C)oc2nc(C)nc(N3CCOCC3)c12)c1ccc(OCC)cc1. The zero-order valence-corrected chi connectivity index (χ0v) is 19.2. The first kappa shape index (κ1) is 22.1. The van der Waals surface area contributed by atoms with Crippen molar-refractivity contribution in [2.24, 2.45) is 0 Å². The van der Waals surface area contributed by atoms with E-state index in [0.29, 0.717) is 67.7 Å². The molecule has 170 valence electrons. The first-order valence-corrected chi connectivity index (χ1v) is 11.2. The number of fused-ring (bicyclic) bond motifs is 1. The molecule has 0 aliphatic carbocycles. The van der Waals surface area contributed by atoms with E-state index in [1.54, 1.807) is 4.90 Å². The van der Waals surface area contributed by atoms with Crippen LogP contribution in [-0.2, 0) is 4.74 Å². The predicted molar refractivity (Wildman–Crippen MR) is 124 cm³/mol. The van der Waals surface area contributed by atoms with Crippen molar-refractivity contribution >= 4 is 28.5 Å². The van der Waals surface area contributed by atoms with Gasteiger partial charge >= 0.3 is 0 Å². The Kier molecular flexibility index (Phi) is 6.60. The Morgan fingerprint density at radius 3 is 2.50 bits per heavy atom. The van der Waals surface area contributed by atoms with Crippen molar-refractivity contribution < 1.29 is 18.7 Å². The average Bonchev–Trinajstić information content (AvgIpc) is 3.13. The van der Waals surface area contributed by atoms with Gasteiger partial charge in [0.25, 0.3) is 5.91 Å². The highest BCUT2D eigenvalue weighted by Gasteiger charge is 2.29. The molecule has 1 aromatic carbocycles. The van der Waals surface area contributed by atoms with Crippen LogP contribution >= 0.6 is 0 Å². The van der Waals surface area contributed by atoms with E-state index >= 15 is 0 Å². The van der Waals surface area contributed by atoms with Crippen LogP contribution in [0.2, 0.25) is 0 Å². The summed E-state index contributed by atoms with van der Waals surface area (Å²) >= 11 is 0. The van der Waals surface area contributed by atoms with E-state index < -0.39 is 0 Å². The molecule has 4 rings (SSSR count). The Labute approximate surface area is 188 Å². The van der Waals surface area contributed by atoms with E-state index in [4.69, 9.17) is 18.9 Å². The molecule has 32 heavy (non-hydrogen) atoms. The number of carbonyl (C=O) groups excluding carboxylic acids is 1. The molecule has 1 fully saturated rings. The minimum Gasteiger partial charge on any atom is -0.494 e. The number of amides is 1. The van der Waals surface area contributed by atoms with Gasteiger partial charge in [-0.05, 0) is 51.5 Å². The maximum atomic E-state index is 13.9. The molecule has 1 aliphatic rings. The van der Waals surface area contributed by atoms with Gasteiger partial charge in [-0.2, -0.15) is 4.98 Å². The van der Waals surface area contributed by atoms with E-state index in [1.165, 1.54) is 0 Å². The summed E-state index contributed by atoms with van der Waals surface area (Å²) in [4.78, 5) is 27.0. The van der Waals surface area contributed by atoms with Crippen LogP contribution in [0.15, 0.2) is 28.7 Å². The molecule has 1 amide bonds. The van der Waals surface area contributed by atoms with Crippen molar-refractivity contribution in [3.8, 4) is 5.75 Å². The number of ether oxygens (including phenoxy) is 2. The summed E-state index contributed by atoms with van der Waals surface area (Å²) in [7, 11) is 0. The van der Waals surface area contributed by atoms with Gasteiger partial charge in [-0.15, -0.1) is 0 Å². The molecule has 1 aliphatic heterocycles. The van der Waals surface area contributed by atoms with Gasteiger partial charge in [0.2, 0.25) is 5.71 Å². The lowest BCUT2D eigenvalue weighted by Gasteiger charge is -2.29. The highest BCUT2D eigenvalue weighted by Crippen LogP contribution is 2.34. The standard InChI is InChI=1S/C24H30N4O4/c1-5-11-28(18-7-9-19(10-8-18)31-6-2)24(29)20-16(3)32-23-21(20)22(25-17(4)26-23)27-12-14-30-15-13-27/h7-10H,5-6,11-15H2,1-4H3. The number of aryl methyl sites for hydroxylation is 2. The normalized spacial score (nSPS) is 14.1. The van der Waals surface area contributed by atoms with Crippen LogP contribution in [0.4, 0.5) is 11.5 Å². The van der Waals surface area contributed by atoms with Gasteiger partial charge in [0, 0.05) is 25.3 Å². The van der Waals surface area contributed by atoms with Crippen LogP contribution in [0.25, 0.3) is 11.1 Å². The fraction of sp³-hybridized carbons (Fsp3) is 0.458. The summed E-state index contributed by atoms with van der Waals surface area (Å²) in [6, 6.07) is 7.61. The van der Waals surface area contributed by atoms with Gasteiger partial charge in [-0.1, -0.05) is 6.92 Å². The Morgan fingerprint density at radius 2 is 1.84 bits per heavy atom. The number of aromatic nitrogens is 2. The van der Waals surface area contributed by atoms with Gasteiger partial charge in [-0.25, -0.2) is 4.98 Å². The lowest BCUT2D eigenvalue weighted by molar-refractivity contribution is 0.0986. The number of morpholine rings is 1. The van der Waals surface area contributed by atoms with Crippen LogP contribution in [0.3, 0.4) is 0 Å². The number of furan rings is 1. The topological polar surface area (TPSA) is 80.9 Å². The number of hydrogen-bond acceptors (Lipinski definition) is 7. The second-order valence-electron chi connectivity index (χ2n) is 7.79. The van der Waals surface area contributed by atoms with E-state index in [0.717, 1.165) is 23.7 Å². The van der Waals surface area contributed by atoms with E-state index in [9.17, 15) is 4.79 Å². The molecule has 3 aromatic rings. The molecular formula is C24H30N4O4. The zero-order valence-electron chi connectivity index (χ0n) is 19.2. The molecule has 8 nitrogen and oxygen atoms in total. The van der Waals surface area contributed by atoms with Crippen molar-refractivity contribution in [3.63, 3.8) is 0 Å². The van der Waals surface area contributed by atoms with Crippen molar-refractivity contribution in [1.29, 1.82) is 0 Å². The minimum atomic E-state index is -0.116. The molecule has 0 radical (unpaired) electrons. The molecule has 3 heterocycles. The zero-order chi connectivity index (χ0) is 22.7. The number of nitrogens with zero attached hydrogens (tertiary/aromatic N) is 4. The minimum absolute atomic E-state index is 0.116. The molecule has 1 saturated heterocycles. The maximum absolute atomic E-state index is 13.9. The Morgan fingerprint density at radius 1 is 1.12 bits per heavy atom. The third kappa shape index (κ3) is 4.27. The number of hydrogen-bond donors (Lipinski definition) is 0. The van der Waals surface area contributed by atoms with Gasteiger partial charge in [0.1, 0.15) is 23.2 Å². The van der Waals surface area contributed by atoms with Crippen molar-refractivity contribution in [3.05, 3.63) is 41.4 Å². The first-order chi connectivity index (χ1) is 15.5. The van der Waals surface area contributed by atoms with E-state index in [1.807, 2.05) is 45.0 Å². The van der Waals surface area contributed by atoms with E-state index in [2.05, 4.69) is 16.8 Å². The Balaban J connectivity index is 1.79. The Bertz CT molecular complexity index is 1090. The van der Waals surface area contributed by atoms with Gasteiger partial charge in [0.05, 0.1) is 30.8 Å². The van der Waals surface area contributed by atoms with Gasteiger partial charge in [0.15, 0.2) is 0 Å². The number of anilines is 2. The molecule has 0 bridgehead atoms. The lowest BCUT2D eigenvalue weighted by atomic mass is 10.1. The summed E-state index contributed by atoms with van der Waals surface area (Å²) in [6.45, 7) is 11.5. The summed E-state index contributed by atoms with van der Waals surface area (Å²) in [6.07, 6.45) is 0.819. The highest BCUT2D eigenvalue weighted by atomic mass is 16.5. The highest BCUT2D eigenvalue weighted by molar-refractivity contribution is 6.16. The van der Waals surface area contributed by atoms with Gasteiger partial charge < -0.3 is 23.7 Å². The average molecular weight is 439 g/mol. The monoisotopic (exact) mass is 438 g/mol. The second kappa shape index (κ2) is 9.56. The molecule has 2 aromatic heterocycles. The van der Waals surface area contributed by atoms with Crippen LogP contribution in [0.1, 0.15) is 42.2 Å². The fourth-order valence-corrected chi connectivity index (χ4v) is 4.05. The predicted octanol–water partition coefficient (Wildman–Crippen LogP) is 4.13. The summed E-state index contributed by atoms with van der Waals surface area (Å²) in [5.74, 6) is 2.56. The molecule has 0 N–H and O–H groups in total. The smallest absolute Gasteiger partial charge is 0.262 e. The molecule has 0 spiro atoms. The molecule has 8 heteroatoms. The number of benzene rings is 1. The lowest BCUT2D eigenvalue weighted by Crippen LogP contribution is -2.37. The number of rotatable bonds is 7. The second-order valence-corrected chi connectivity index (χ2v) is 7.79. The third-order valence-corrected chi connectivity index (χ3v) is 5.50. The largest absolute Gasteiger partial charge is 0.494 e. The summed E-state index contributed by atoms with van der Waals surface area (Å²) in [5.41, 5.74) is 1.78. The van der Waals surface area contributed by atoms with Gasteiger partial charge in [-0.3, -0.25) is 4.79 Å². The van der Waals surface area contributed by atoms with Crippen molar-refractivity contribution in [2.45, 2.75) is 34.1 Å². The van der Waals surface area contributed by atoms with E-state index in [-0.39, 0.29) is 5.91 Å². The Hall–Kier alpha value is -3.13. The molecule has 0 unspecified atom stereocenters. The quantitative estimate of drug-likeness (QED) is 0.549. The number of carbonyl (C=O) groups is 1.